The van der Waals surface area contributed by atoms with Crippen molar-refractivity contribution in [3.63, 3.8) is 0 Å². The number of hydrogen-bond acceptors (Lipinski definition) is 10. The lowest BCUT2D eigenvalue weighted by Crippen LogP contribution is -2.53. The van der Waals surface area contributed by atoms with E-state index in [1.54, 1.807) is 71.3 Å². The Morgan fingerprint density at radius 3 is 2.37 bits per heavy atom. The molecule has 0 spiro atoms. The van der Waals surface area contributed by atoms with Gasteiger partial charge in [0.1, 0.15) is 36.7 Å². The number of carbonyl (C=O) groups excluding carboxylic acids is 5. The number of aliphatic hydroxyl groups is 1. The van der Waals surface area contributed by atoms with Gasteiger partial charge in [-0.3, -0.25) is 19.2 Å². The zero-order chi connectivity index (χ0) is 38.0. The van der Waals surface area contributed by atoms with Crippen LogP contribution in [0.5, 0.6) is 0 Å². The second kappa shape index (κ2) is 18.1. The van der Waals surface area contributed by atoms with Gasteiger partial charge in [-0.1, -0.05) is 48.5 Å². The summed E-state index contributed by atoms with van der Waals surface area (Å²) in [5.74, 6) is -2.37. The fraction of sp³-hybridized carbons (Fsp3) is 0.462. The van der Waals surface area contributed by atoms with E-state index in [-0.39, 0.29) is 49.5 Å². The summed E-state index contributed by atoms with van der Waals surface area (Å²) in [5.41, 5.74) is 1.10. The largest absolute Gasteiger partial charge is 0.460 e. The Labute approximate surface area is 304 Å². The molecule has 280 valence electrons. The smallest absolute Gasteiger partial charge is 0.339 e. The second-order valence-electron chi connectivity index (χ2n) is 14.0. The molecule has 3 amide bonds. The number of carbonyl (C=O) groups is 5. The van der Waals surface area contributed by atoms with Gasteiger partial charge in [-0.25, -0.2) is 4.79 Å². The molecule has 5 atom stereocenters. The van der Waals surface area contributed by atoms with Crippen LogP contribution in [0.1, 0.15) is 61.5 Å². The molecule has 1 saturated heterocycles. The molecule has 0 aromatic heterocycles. The van der Waals surface area contributed by atoms with Crippen molar-refractivity contribution in [2.24, 2.45) is 0 Å². The van der Waals surface area contributed by atoms with Crippen LogP contribution in [0.2, 0.25) is 0 Å². The molecule has 13 heteroatoms. The number of hydrogen-bond donors (Lipinski definition) is 2. The van der Waals surface area contributed by atoms with Crippen LogP contribution in [0.3, 0.4) is 0 Å². The van der Waals surface area contributed by atoms with Crippen molar-refractivity contribution >= 4 is 35.7 Å². The molecular weight excluding hydrogens is 670 g/mol. The minimum absolute atomic E-state index is 0.00854. The predicted octanol–water partition coefficient (Wildman–Crippen LogP) is 3.05. The van der Waals surface area contributed by atoms with Crippen molar-refractivity contribution in [1.82, 2.24) is 15.1 Å². The molecule has 1 aliphatic carbocycles. The number of likely N-dealkylation sites (N-methyl/N-ethyl adjacent to an activating group) is 2. The van der Waals surface area contributed by atoms with Crippen molar-refractivity contribution < 1.29 is 48.0 Å². The lowest BCUT2D eigenvalue weighted by molar-refractivity contribution is -0.155. The highest BCUT2D eigenvalue weighted by Gasteiger charge is 2.44. The summed E-state index contributed by atoms with van der Waals surface area (Å²) in [6, 6.07) is 14.1. The summed E-state index contributed by atoms with van der Waals surface area (Å²) in [6.07, 6.45) is 2.56. The van der Waals surface area contributed by atoms with Crippen LogP contribution in [0, 0.1) is 0 Å². The third kappa shape index (κ3) is 11.1. The Bertz CT molecular complexity index is 1650. The summed E-state index contributed by atoms with van der Waals surface area (Å²) in [4.78, 5) is 68.7. The Balaban J connectivity index is 1.52. The summed E-state index contributed by atoms with van der Waals surface area (Å²) in [6.45, 7) is 4.79. The Kier molecular flexibility index (Phi) is 13.9. The van der Waals surface area contributed by atoms with E-state index in [0.717, 1.165) is 5.56 Å². The van der Waals surface area contributed by atoms with Gasteiger partial charge in [0.2, 0.25) is 17.7 Å². The molecule has 2 aliphatic rings. The molecule has 2 aromatic carbocycles. The van der Waals surface area contributed by atoms with Gasteiger partial charge in [-0.05, 0) is 56.5 Å². The van der Waals surface area contributed by atoms with Crippen molar-refractivity contribution in [2.45, 2.75) is 82.5 Å². The number of amides is 3. The summed E-state index contributed by atoms with van der Waals surface area (Å²) in [5, 5.41) is 12.9. The molecule has 1 aliphatic heterocycles. The van der Waals surface area contributed by atoms with Gasteiger partial charge < -0.3 is 39.2 Å². The summed E-state index contributed by atoms with van der Waals surface area (Å²) >= 11 is 0. The van der Waals surface area contributed by atoms with Gasteiger partial charge in [0.15, 0.2) is 0 Å². The minimum atomic E-state index is -1.01. The molecule has 4 rings (SSSR count). The van der Waals surface area contributed by atoms with E-state index >= 15 is 0 Å². The molecule has 2 N–H and O–H groups in total. The molecule has 0 radical (unpaired) electrons. The molecule has 13 nitrogen and oxygen atoms in total. The molecule has 1 fully saturated rings. The standard InChI is InChI=1S/C39H49N3O10/c1-39(2,3)52-34(45)19-17-28(23-43)40-36(46)30(20-25-12-8-7-9-13-25)42(6)37(47)27-21-31-35(50-24-49-31)32(22-27)51-38(48)29-15-11-10-14-26(29)16-18-33(44)41(4)5/h7-16,18,21,28,30-32,35,43H,17,19-20,22-24H2,1-6H3,(H,40,46)/t28-,30+,31+,32+,35+/m0/s1. The normalized spacial score (nSPS) is 19.5. The van der Waals surface area contributed by atoms with E-state index in [4.69, 9.17) is 18.9 Å². The number of benzene rings is 2. The van der Waals surface area contributed by atoms with Crippen molar-refractivity contribution in [2.75, 3.05) is 34.5 Å². The SMILES string of the molecule is CN(C)C(=O)C=Cc1ccccc1C(=O)O[C@@H]1CC(C(=O)N(C)[C@H](Cc2ccccc2)C(=O)N[C@H](CO)CCC(=O)OC(C)(C)C)=C[C@H]2OCO[C@H]21. The minimum Gasteiger partial charge on any atom is -0.460 e. The van der Waals surface area contributed by atoms with Gasteiger partial charge in [0.05, 0.1) is 18.2 Å². The number of fused-ring (bicyclic) bond motifs is 1. The highest BCUT2D eigenvalue weighted by atomic mass is 16.7. The number of ether oxygens (including phenoxy) is 4. The van der Waals surface area contributed by atoms with Gasteiger partial charge in [0.25, 0.3) is 0 Å². The maximum absolute atomic E-state index is 14.2. The lowest BCUT2D eigenvalue weighted by Gasteiger charge is -2.34. The average molecular weight is 720 g/mol. The van der Waals surface area contributed by atoms with Crippen LogP contribution in [0.4, 0.5) is 0 Å². The maximum atomic E-state index is 14.2. The van der Waals surface area contributed by atoms with Gasteiger partial charge in [0, 0.05) is 52.1 Å². The molecular formula is C39H49N3O10. The Morgan fingerprint density at radius 2 is 1.69 bits per heavy atom. The van der Waals surface area contributed by atoms with E-state index in [2.05, 4.69) is 5.32 Å². The first-order valence-electron chi connectivity index (χ1n) is 17.2. The van der Waals surface area contributed by atoms with E-state index in [0.29, 0.717) is 5.56 Å². The van der Waals surface area contributed by atoms with Crippen molar-refractivity contribution in [1.29, 1.82) is 0 Å². The van der Waals surface area contributed by atoms with Crippen LogP contribution in [-0.2, 0) is 44.5 Å². The number of aliphatic hydroxyl groups excluding tert-OH is 1. The predicted molar refractivity (Wildman–Crippen MR) is 191 cm³/mol. The zero-order valence-corrected chi connectivity index (χ0v) is 30.6. The van der Waals surface area contributed by atoms with Crippen LogP contribution >= 0.6 is 0 Å². The molecule has 0 saturated carbocycles. The molecule has 1 heterocycles. The Hall–Kier alpha value is -4.85. The lowest BCUT2D eigenvalue weighted by atomic mass is 9.90. The summed E-state index contributed by atoms with van der Waals surface area (Å²) < 4.78 is 22.8. The van der Waals surface area contributed by atoms with Gasteiger partial charge >= 0.3 is 11.9 Å². The van der Waals surface area contributed by atoms with Gasteiger partial charge in [-0.15, -0.1) is 0 Å². The maximum Gasteiger partial charge on any atom is 0.339 e. The van der Waals surface area contributed by atoms with Crippen LogP contribution in [0.25, 0.3) is 6.08 Å². The second-order valence-corrected chi connectivity index (χ2v) is 14.0. The first-order chi connectivity index (χ1) is 24.7. The Morgan fingerprint density at radius 1 is 1.00 bits per heavy atom. The number of nitrogens with one attached hydrogen (secondary N) is 1. The quantitative estimate of drug-likeness (QED) is 0.219. The van der Waals surface area contributed by atoms with E-state index < -0.39 is 66.4 Å². The van der Waals surface area contributed by atoms with E-state index in [9.17, 15) is 29.1 Å². The van der Waals surface area contributed by atoms with Crippen LogP contribution < -0.4 is 5.32 Å². The van der Waals surface area contributed by atoms with Crippen LogP contribution in [0.15, 0.2) is 72.3 Å². The number of rotatable bonds is 14. The third-order valence-corrected chi connectivity index (χ3v) is 8.60. The highest BCUT2D eigenvalue weighted by molar-refractivity contribution is 5.98. The monoisotopic (exact) mass is 719 g/mol. The first kappa shape index (κ1) is 39.9. The third-order valence-electron chi connectivity index (χ3n) is 8.60. The fourth-order valence-corrected chi connectivity index (χ4v) is 5.86. The van der Waals surface area contributed by atoms with Gasteiger partial charge in [-0.2, -0.15) is 0 Å². The summed E-state index contributed by atoms with van der Waals surface area (Å²) in [7, 11) is 4.76. The van der Waals surface area contributed by atoms with Crippen LogP contribution in [-0.4, -0.2) is 115 Å². The zero-order valence-electron chi connectivity index (χ0n) is 30.6. The molecule has 52 heavy (non-hydrogen) atoms. The van der Waals surface area contributed by atoms with Crippen molar-refractivity contribution in [3.05, 3.63) is 89.0 Å². The fourth-order valence-electron chi connectivity index (χ4n) is 5.86. The van der Waals surface area contributed by atoms with Crippen molar-refractivity contribution in [3.8, 4) is 0 Å². The van der Waals surface area contributed by atoms with E-state index in [1.807, 2.05) is 30.3 Å². The molecule has 0 unspecified atom stereocenters. The average Bonchev–Trinajstić information content (AvgIpc) is 3.59. The molecule has 0 bridgehead atoms. The van der Waals surface area contributed by atoms with E-state index in [1.165, 1.54) is 22.9 Å². The number of esters is 2. The molecule has 2 aromatic rings. The topological polar surface area (TPSA) is 161 Å². The highest BCUT2D eigenvalue weighted by Crippen LogP contribution is 2.32. The first-order valence-corrected chi connectivity index (χ1v) is 17.2. The number of nitrogens with zero attached hydrogens (tertiary/aromatic N) is 2.